The first-order valence-corrected chi connectivity index (χ1v) is 7.20. The number of rotatable bonds is 5. The number of hydrogen-bond acceptors (Lipinski definition) is 5. The van der Waals surface area contributed by atoms with Crippen molar-refractivity contribution in [3.63, 3.8) is 0 Å². The number of benzene rings is 1. The van der Waals surface area contributed by atoms with Crippen molar-refractivity contribution in [3.05, 3.63) is 45.0 Å². The van der Waals surface area contributed by atoms with Gasteiger partial charge in [0.15, 0.2) is 17.3 Å². The largest absolute Gasteiger partial charge is 0.493 e. The van der Waals surface area contributed by atoms with Crippen LogP contribution in [0.2, 0.25) is 15.1 Å². The van der Waals surface area contributed by atoms with Gasteiger partial charge in [0.1, 0.15) is 0 Å². The monoisotopic (exact) mass is 359 g/mol. The summed E-state index contributed by atoms with van der Waals surface area (Å²) >= 11 is 17.9. The summed E-state index contributed by atoms with van der Waals surface area (Å²) in [7, 11) is 3.05. The second kappa shape index (κ2) is 7.54. The summed E-state index contributed by atoms with van der Waals surface area (Å²) in [4.78, 5) is 4.03. The predicted octanol–water partition coefficient (Wildman–Crippen LogP) is 4.51. The van der Waals surface area contributed by atoms with Crippen LogP contribution in [0, 0.1) is 0 Å². The van der Waals surface area contributed by atoms with Gasteiger partial charge in [-0.05, 0) is 23.8 Å². The van der Waals surface area contributed by atoms with Crippen molar-refractivity contribution in [2.24, 2.45) is 5.10 Å². The number of ether oxygens (including phenoxy) is 2. The van der Waals surface area contributed by atoms with Crippen molar-refractivity contribution >= 4 is 46.8 Å². The molecule has 22 heavy (non-hydrogen) atoms. The fourth-order valence-corrected chi connectivity index (χ4v) is 2.40. The number of methoxy groups -OCH3 is 2. The Kier molecular flexibility index (Phi) is 5.71. The fourth-order valence-electron chi connectivity index (χ4n) is 1.68. The highest BCUT2D eigenvalue weighted by Crippen LogP contribution is 2.35. The number of nitrogens with one attached hydrogen (secondary N) is 1. The Morgan fingerprint density at radius 3 is 2.50 bits per heavy atom. The average molecular weight is 361 g/mol. The van der Waals surface area contributed by atoms with E-state index in [2.05, 4.69) is 15.5 Å². The van der Waals surface area contributed by atoms with Crippen LogP contribution in [0.15, 0.2) is 29.5 Å². The van der Waals surface area contributed by atoms with Gasteiger partial charge in [-0.1, -0.05) is 34.8 Å². The third-order valence-electron chi connectivity index (χ3n) is 2.65. The number of anilines is 1. The summed E-state index contributed by atoms with van der Waals surface area (Å²) in [6.45, 7) is 0. The van der Waals surface area contributed by atoms with Crippen molar-refractivity contribution in [3.8, 4) is 11.5 Å². The lowest BCUT2D eigenvalue weighted by atomic mass is 10.2. The van der Waals surface area contributed by atoms with E-state index in [0.717, 1.165) is 5.56 Å². The molecule has 0 bridgehead atoms. The molecule has 0 spiro atoms. The topological polar surface area (TPSA) is 55.7 Å². The van der Waals surface area contributed by atoms with Gasteiger partial charge in [-0.3, -0.25) is 5.43 Å². The van der Waals surface area contributed by atoms with E-state index in [-0.39, 0.29) is 0 Å². The van der Waals surface area contributed by atoms with E-state index in [4.69, 9.17) is 44.3 Å². The van der Waals surface area contributed by atoms with Gasteiger partial charge in [0.25, 0.3) is 0 Å². The minimum atomic E-state index is 0.370. The highest BCUT2D eigenvalue weighted by Gasteiger charge is 2.10. The summed E-state index contributed by atoms with van der Waals surface area (Å²) in [5.74, 6) is 1.38. The lowest BCUT2D eigenvalue weighted by molar-refractivity contribution is 0.355. The van der Waals surface area contributed by atoms with Crippen LogP contribution in [-0.4, -0.2) is 25.4 Å². The predicted molar refractivity (Wildman–Crippen MR) is 90.0 cm³/mol. The highest BCUT2D eigenvalue weighted by atomic mass is 35.5. The fraction of sp³-hybridized carbons (Fsp3) is 0.143. The van der Waals surface area contributed by atoms with Crippen molar-refractivity contribution in [2.45, 2.75) is 0 Å². The van der Waals surface area contributed by atoms with Gasteiger partial charge in [-0.2, -0.15) is 5.10 Å². The Hall–Kier alpha value is -1.69. The molecule has 0 amide bonds. The number of hydrogen-bond donors (Lipinski definition) is 1. The summed E-state index contributed by atoms with van der Waals surface area (Å²) in [6.07, 6.45) is 3.03. The van der Waals surface area contributed by atoms with Crippen LogP contribution in [0.25, 0.3) is 0 Å². The Balaban J connectivity index is 2.18. The zero-order chi connectivity index (χ0) is 16.1. The Morgan fingerprint density at radius 2 is 1.86 bits per heavy atom. The van der Waals surface area contributed by atoms with E-state index in [9.17, 15) is 0 Å². The van der Waals surface area contributed by atoms with Gasteiger partial charge in [0, 0.05) is 6.20 Å². The SMILES string of the molecule is COc1cc(/C=N\Nc2ncc(Cl)cc2Cl)cc(Cl)c1OC. The Labute approximate surface area is 142 Å². The molecule has 116 valence electrons. The second-order valence-corrected chi connectivity index (χ2v) is 5.34. The smallest absolute Gasteiger partial charge is 0.179 e. The number of pyridine rings is 1. The summed E-state index contributed by atoms with van der Waals surface area (Å²) in [6, 6.07) is 5.01. The molecule has 0 radical (unpaired) electrons. The molecule has 0 saturated carbocycles. The number of aromatic nitrogens is 1. The second-order valence-electron chi connectivity index (χ2n) is 4.09. The van der Waals surface area contributed by atoms with Crippen LogP contribution in [-0.2, 0) is 0 Å². The van der Waals surface area contributed by atoms with Crippen LogP contribution in [0.5, 0.6) is 11.5 Å². The zero-order valence-electron chi connectivity index (χ0n) is 11.7. The lowest BCUT2D eigenvalue weighted by Gasteiger charge is -2.10. The van der Waals surface area contributed by atoms with E-state index >= 15 is 0 Å². The van der Waals surface area contributed by atoms with Crippen molar-refractivity contribution in [1.82, 2.24) is 4.98 Å². The average Bonchev–Trinajstić information content (AvgIpc) is 2.48. The molecule has 0 unspecified atom stereocenters. The zero-order valence-corrected chi connectivity index (χ0v) is 14.0. The van der Waals surface area contributed by atoms with Gasteiger partial charge < -0.3 is 9.47 Å². The summed E-state index contributed by atoms with van der Waals surface area (Å²) < 4.78 is 10.4. The van der Waals surface area contributed by atoms with E-state index < -0.39 is 0 Å². The Bertz CT molecular complexity index is 708. The third kappa shape index (κ3) is 3.94. The van der Waals surface area contributed by atoms with Gasteiger partial charge in [0.05, 0.1) is 35.5 Å². The first-order chi connectivity index (χ1) is 10.5. The molecule has 0 aliphatic carbocycles. The van der Waals surface area contributed by atoms with Crippen LogP contribution in [0.1, 0.15) is 5.56 Å². The van der Waals surface area contributed by atoms with Crippen molar-refractivity contribution in [1.29, 1.82) is 0 Å². The quantitative estimate of drug-likeness (QED) is 0.630. The van der Waals surface area contributed by atoms with Crippen LogP contribution >= 0.6 is 34.8 Å². The molecule has 1 N–H and O–H groups in total. The molecule has 1 aromatic carbocycles. The molecule has 8 heteroatoms. The molecule has 1 heterocycles. The maximum Gasteiger partial charge on any atom is 0.179 e. The third-order valence-corrected chi connectivity index (χ3v) is 3.42. The number of hydrazone groups is 1. The molecule has 0 aliphatic rings. The molecule has 5 nitrogen and oxygen atoms in total. The van der Waals surface area contributed by atoms with Crippen molar-refractivity contribution < 1.29 is 9.47 Å². The highest BCUT2D eigenvalue weighted by molar-refractivity contribution is 6.36. The number of nitrogens with zero attached hydrogens (tertiary/aromatic N) is 2. The normalized spacial score (nSPS) is 10.8. The molecular formula is C14H12Cl3N3O2. The molecule has 1 aromatic heterocycles. The van der Waals surface area contributed by atoms with E-state index in [1.54, 1.807) is 24.4 Å². The van der Waals surface area contributed by atoms with Crippen LogP contribution in [0.3, 0.4) is 0 Å². The minimum Gasteiger partial charge on any atom is -0.493 e. The Morgan fingerprint density at radius 1 is 1.09 bits per heavy atom. The van der Waals surface area contributed by atoms with Gasteiger partial charge >= 0.3 is 0 Å². The molecule has 0 atom stereocenters. The first-order valence-electron chi connectivity index (χ1n) is 6.06. The molecule has 0 aliphatic heterocycles. The van der Waals surface area contributed by atoms with Gasteiger partial charge in [0.2, 0.25) is 0 Å². The molecule has 2 rings (SSSR count). The molecular weight excluding hydrogens is 349 g/mol. The first kappa shape index (κ1) is 16.7. The van der Waals surface area contributed by atoms with Gasteiger partial charge in [-0.15, -0.1) is 0 Å². The number of halogens is 3. The molecule has 2 aromatic rings. The van der Waals surface area contributed by atoms with Gasteiger partial charge in [-0.25, -0.2) is 4.98 Å². The maximum atomic E-state index is 6.12. The van der Waals surface area contributed by atoms with E-state index in [1.807, 2.05) is 0 Å². The molecule has 0 fully saturated rings. The van der Waals surface area contributed by atoms with Crippen LogP contribution in [0.4, 0.5) is 5.82 Å². The summed E-state index contributed by atoms with van der Waals surface area (Å²) in [5.41, 5.74) is 3.45. The van der Waals surface area contributed by atoms with E-state index in [0.29, 0.717) is 32.4 Å². The van der Waals surface area contributed by atoms with Crippen molar-refractivity contribution in [2.75, 3.05) is 19.6 Å². The standard InChI is InChI=1S/C14H12Cl3N3O2/c1-21-12-4-8(3-10(16)13(12)22-2)6-19-20-14-11(17)5-9(15)7-18-14/h3-7H,1-2H3,(H,18,20)/b19-6-. The summed E-state index contributed by atoms with van der Waals surface area (Å²) in [5, 5.41) is 5.30. The maximum absolute atomic E-state index is 6.12. The molecule has 0 saturated heterocycles. The minimum absolute atomic E-state index is 0.370. The lowest BCUT2D eigenvalue weighted by Crippen LogP contribution is -1.96. The van der Waals surface area contributed by atoms with Crippen LogP contribution < -0.4 is 14.9 Å². The van der Waals surface area contributed by atoms with E-state index in [1.165, 1.54) is 20.4 Å².